The third-order valence-electron chi connectivity index (χ3n) is 2.74. The summed E-state index contributed by atoms with van der Waals surface area (Å²) >= 11 is 0. The van der Waals surface area contributed by atoms with Crippen molar-refractivity contribution in [2.24, 2.45) is 0 Å². The maximum Gasteiger partial charge on any atom is 0.119 e. The quantitative estimate of drug-likeness (QED) is 0.723. The largest absolute Gasteiger partial charge is 0.508 e. The fraction of sp³-hybridized carbons (Fsp3) is 0.231. The van der Waals surface area contributed by atoms with Crippen LogP contribution in [-0.2, 0) is 6.42 Å². The zero-order valence-corrected chi connectivity index (χ0v) is 8.54. The first kappa shape index (κ1) is 9.07. The highest BCUT2D eigenvalue weighted by Crippen LogP contribution is 2.29. The van der Waals surface area contributed by atoms with Gasteiger partial charge in [0.15, 0.2) is 0 Å². The summed E-state index contributed by atoms with van der Waals surface area (Å²) in [7, 11) is 0. The van der Waals surface area contributed by atoms with Crippen molar-refractivity contribution in [1.29, 1.82) is 0 Å². The summed E-state index contributed by atoms with van der Waals surface area (Å²) in [4.78, 5) is 0. The molecule has 2 aromatic rings. The molecule has 0 spiro atoms. The second kappa shape index (κ2) is 3.33. The lowest BCUT2D eigenvalue weighted by Crippen LogP contribution is -1.87. The van der Waals surface area contributed by atoms with Crippen LogP contribution in [0.25, 0.3) is 10.8 Å². The smallest absolute Gasteiger partial charge is 0.119 e. The van der Waals surface area contributed by atoms with Crippen molar-refractivity contribution in [1.82, 2.24) is 0 Å². The third-order valence-corrected chi connectivity index (χ3v) is 2.74. The van der Waals surface area contributed by atoms with Crippen LogP contribution in [0.3, 0.4) is 0 Å². The molecular weight excluding hydrogens is 172 g/mol. The molecule has 0 radical (unpaired) electrons. The van der Waals surface area contributed by atoms with Gasteiger partial charge < -0.3 is 5.11 Å². The Hall–Kier alpha value is -1.50. The minimum atomic E-state index is 0.387. The van der Waals surface area contributed by atoms with Crippen LogP contribution in [0.15, 0.2) is 30.3 Å². The van der Waals surface area contributed by atoms with Crippen molar-refractivity contribution in [2.45, 2.75) is 20.3 Å². The minimum absolute atomic E-state index is 0.387. The van der Waals surface area contributed by atoms with Gasteiger partial charge in [-0.15, -0.1) is 0 Å². The van der Waals surface area contributed by atoms with E-state index in [2.05, 4.69) is 25.1 Å². The first-order chi connectivity index (χ1) is 6.74. The molecule has 1 N–H and O–H groups in total. The van der Waals surface area contributed by atoms with Crippen LogP contribution < -0.4 is 0 Å². The average molecular weight is 186 g/mol. The second-order valence-corrected chi connectivity index (χ2v) is 3.58. The molecule has 72 valence electrons. The number of rotatable bonds is 1. The van der Waals surface area contributed by atoms with E-state index >= 15 is 0 Å². The second-order valence-electron chi connectivity index (χ2n) is 3.58. The molecule has 0 amide bonds. The first-order valence-corrected chi connectivity index (χ1v) is 4.94. The molecule has 0 unspecified atom stereocenters. The third kappa shape index (κ3) is 1.25. The van der Waals surface area contributed by atoms with E-state index in [0.717, 1.165) is 12.0 Å². The first-order valence-electron chi connectivity index (χ1n) is 4.94. The van der Waals surface area contributed by atoms with Gasteiger partial charge in [-0.05, 0) is 41.3 Å². The Morgan fingerprint density at radius 1 is 1.14 bits per heavy atom. The van der Waals surface area contributed by atoms with Gasteiger partial charge in [-0.3, -0.25) is 0 Å². The summed E-state index contributed by atoms with van der Waals surface area (Å²) in [6, 6.07) is 10.0. The van der Waals surface area contributed by atoms with Crippen molar-refractivity contribution in [3.8, 4) is 5.75 Å². The molecule has 0 saturated heterocycles. The van der Waals surface area contributed by atoms with Gasteiger partial charge in [-0.1, -0.05) is 31.2 Å². The number of phenolic OH excluding ortho intramolecular Hbond substituents is 1. The zero-order chi connectivity index (χ0) is 10.1. The molecule has 0 fully saturated rings. The van der Waals surface area contributed by atoms with Crippen LogP contribution in [0.1, 0.15) is 18.1 Å². The summed E-state index contributed by atoms with van der Waals surface area (Å²) in [6.45, 7) is 4.11. The predicted octanol–water partition coefficient (Wildman–Crippen LogP) is 3.42. The fourth-order valence-electron chi connectivity index (χ4n) is 1.93. The maximum absolute atomic E-state index is 9.64. The maximum atomic E-state index is 9.64. The fourth-order valence-corrected chi connectivity index (χ4v) is 1.93. The van der Waals surface area contributed by atoms with Gasteiger partial charge in [0.2, 0.25) is 0 Å². The van der Waals surface area contributed by atoms with Crippen molar-refractivity contribution >= 4 is 10.8 Å². The van der Waals surface area contributed by atoms with E-state index in [0.29, 0.717) is 5.75 Å². The SMILES string of the molecule is CCc1cccc2ccc(O)c(C)c12. The Bertz CT molecular complexity index is 472. The lowest BCUT2D eigenvalue weighted by atomic mass is 9.98. The topological polar surface area (TPSA) is 20.2 Å². The molecule has 0 saturated carbocycles. The Kier molecular flexibility index (Phi) is 2.16. The van der Waals surface area contributed by atoms with E-state index in [1.165, 1.54) is 16.3 Å². The summed E-state index contributed by atoms with van der Waals surface area (Å²) in [5.74, 6) is 0.387. The molecule has 0 aliphatic rings. The van der Waals surface area contributed by atoms with Gasteiger partial charge >= 0.3 is 0 Å². The van der Waals surface area contributed by atoms with E-state index in [1.54, 1.807) is 6.07 Å². The molecule has 1 heteroatoms. The Morgan fingerprint density at radius 3 is 2.64 bits per heavy atom. The van der Waals surface area contributed by atoms with Crippen LogP contribution in [-0.4, -0.2) is 5.11 Å². The highest BCUT2D eigenvalue weighted by Gasteiger charge is 2.05. The van der Waals surface area contributed by atoms with Gasteiger partial charge in [-0.25, -0.2) is 0 Å². The number of aromatic hydroxyl groups is 1. The number of hydrogen-bond acceptors (Lipinski definition) is 1. The Labute approximate surface area is 84.0 Å². The van der Waals surface area contributed by atoms with Crippen LogP contribution in [0.5, 0.6) is 5.75 Å². The van der Waals surface area contributed by atoms with Gasteiger partial charge in [-0.2, -0.15) is 0 Å². The molecule has 2 rings (SSSR count). The molecule has 0 aliphatic heterocycles. The monoisotopic (exact) mass is 186 g/mol. The molecule has 0 aliphatic carbocycles. The van der Waals surface area contributed by atoms with E-state index in [9.17, 15) is 5.11 Å². The summed E-state index contributed by atoms with van der Waals surface area (Å²) in [5.41, 5.74) is 2.29. The number of phenols is 1. The molecule has 14 heavy (non-hydrogen) atoms. The lowest BCUT2D eigenvalue weighted by Gasteiger charge is -2.08. The molecule has 0 heterocycles. The molecule has 1 nitrogen and oxygen atoms in total. The van der Waals surface area contributed by atoms with Crippen LogP contribution in [0, 0.1) is 6.92 Å². The van der Waals surface area contributed by atoms with Crippen molar-refractivity contribution in [3.05, 3.63) is 41.5 Å². The van der Waals surface area contributed by atoms with E-state index < -0.39 is 0 Å². The summed E-state index contributed by atoms with van der Waals surface area (Å²) in [5, 5.41) is 12.0. The van der Waals surface area contributed by atoms with Gasteiger partial charge in [0.25, 0.3) is 0 Å². The number of aryl methyl sites for hydroxylation is 2. The molecular formula is C13H14O. The van der Waals surface area contributed by atoms with Crippen LogP contribution in [0.2, 0.25) is 0 Å². The van der Waals surface area contributed by atoms with Crippen LogP contribution in [0.4, 0.5) is 0 Å². The predicted molar refractivity (Wildman–Crippen MR) is 59.7 cm³/mol. The van der Waals surface area contributed by atoms with Gasteiger partial charge in [0, 0.05) is 0 Å². The van der Waals surface area contributed by atoms with Gasteiger partial charge in [0.1, 0.15) is 5.75 Å². The number of fused-ring (bicyclic) bond motifs is 1. The van der Waals surface area contributed by atoms with E-state index in [1.807, 2.05) is 13.0 Å². The van der Waals surface area contributed by atoms with E-state index in [-0.39, 0.29) is 0 Å². The standard InChI is InChI=1S/C13H14O/c1-3-10-5-4-6-11-7-8-12(14)9(2)13(10)11/h4-8,14H,3H2,1-2H3. The van der Waals surface area contributed by atoms with Crippen molar-refractivity contribution in [2.75, 3.05) is 0 Å². The molecule has 2 aromatic carbocycles. The van der Waals surface area contributed by atoms with E-state index in [4.69, 9.17) is 0 Å². The highest BCUT2D eigenvalue weighted by atomic mass is 16.3. The molecule has 0 aromatic heterocycles. The average Bonchev–Trinajstić information content (AvgIpc) is 2.23. The molecule has 0 atom stereocenters. The number of benzene rings is 2. The minimum Gasteiger partial charge on any atom is -0.508 e. The van der Waals surface area contributed by atoms with Crippen LogP contribution >= 0.6 is 0 Å². The molecule has 0 bridgehead atoms. The highest BCUT2D eigenvalue weighted by molar-refractivity contribution is 5.90. The lowest BCUT2D eigenvalue weighted by molar-refractivity contribution is 0.472. The zero-order valence-electron chi connectivity index (χ0n) is 8.54. The number of hydrogen-bond donors (Lipinski definition) is 1. The summed E-state index contributed by atoms with van der Waals surface area (Å²) in [6.07, 6.45) is 1.00. The normalized spacial score (nSPS) is 10.7. The van der Waals surface area contributed by atoms with Gasteiger partial charge in [0.05, 0.1) is 0 Å². The van der Waals surface area contributed by atoms with Crippen molar-refractivity contribution < 1.29 is 5.11 Å². The summed E-state index contributed by atoms with van der Waals surface area (Å²) < 4.78 is 0. The Morgan fingerprint density at radius 2 is 1.93 bits per heavy atom. The van der Waals surface area contributed by atoms with Crippen molar-refractivity contribution in [3.63, 3.8) is 0 Å². The Balaban J connectivity index is 2.89.